The summed E-state index contributed by atoms with van der Waals surface area (Å²) in [6.07, 6.45) is 1.15. The molecule has 3 N–H and O–H groups in total. The zero-order chi connectivity index (χ0) is 10.8. The van der Waals surface area contributed by atoms with Gasteiger partial charge in [-0.05, 0) is 26.9 Å². The largest absolute Gasteiger partial charge is 0.384 e. The molecule has 1 aromatic heterocycles. The molecule has 5 heteroatoms. The lowest BCUT2D eigenvalue weighted by molar-refractivity contribution is 0.414. The second kappa shape index (κ2) is 4.02. The highest BCUT2D eigenvalue weighted by Gasteiger charge is 2.19. The predicted molar refractivity (Wildman–Crippen MR) is 60.7 cm³/mol. The number of likely N-dealkylation sites (N-methyl/N-ethyl adjacent to an activating group) is 1. The van der Waals surface area contributed by atoms with Crippen molar-refractivity contribution in [3.63, 3.8) is 0 Å². The van der Waals surface area contributed by atoms with E-state index in [2.05, 4.69) is 27.2 Å². The van der Waals surface area contributed by atoms with Crippen LogP contribution in [0.25, 0.3) is 0 Å². The molecule has 0 aromatic carbocycles. The minimum atomic E-state index is 0.476. The molecule has 0 saturated carbocycles. The van der Waals surface area contributed by atoms with Crippen molar-refractivity contribution in [2.45, 2.75) is 19.4 Å². The Morgan fingerprint density at radius 2 is 2.33 bits per heavy atom. The second-order valence-electron chi connectivity index (χ2n) is 4.12. The Balaban J connectivity index is 2.04. The molecule has 1 fully saturated rings. The molecule has 2 rings (SSSR count). The lowest BCUT2D eigenvalue weighted by atomic mass is 10.2. The molecule has 0 bridgehead atoms. The van der Waals surface area contributed by atoms with E-state index in [9.17, 15) is 0 Å². The van der Waals surface area contributed by atoms with Crippen LogP contribution in [0, 0.1) is 6.92 Å². The van der Waals surface area contributed by atoms with Gasteiger partial charge in [0.1, 0.15) is 17.5 Å². The zero-order valence-corrected chi connectivity index (χ0v) is 9.20. The summed E-state index contributed by atoms with van der Waals surface area (Å²) in [6, 6.07) is 2.26. The molecule has 1 aromatic rings. The minimum Gasteiger partial charge on any atom is -0.384 e. The van der Waals surface area contributed by atoms with Crippen molar-refractivity contribution in [1.82, 2.24) is 14.9 Å². The Labute approximate surface area is 89.7 Å². The van der Waals surface area contributed by atoms with Crippen molar-refractivity contribution in [1.29, 1.82) is 0 Å². The summed E-state index contributed by atoms with van der Waals surface area (Å²) < 4.78 is 0. The first-order valence-corrected chi connectivity index (χ1v) is 5.20. The lowest BCUT2D eigenvalue weighted by Crippen LogP contribution is -2.24. The Morgan fingerprint density at radius 3 is 2.93 bits per heavy atom. The summed E-state index contributed by atoms with van der Waals surface area (Å²) in [5, 5.41) is 3.38. The molecule has 1 aliphatic rings. The van der Waals surface area contributed by atoms with Crippen LogP contribution in [0.1, 0.15) is 12.2 Å². The van der Waals surface area contributed by atoms with E-state index in [0.717, 1.165) is 25.3 Å². The number of nitrogens with one attached hydrogen (secondary N) is 1. The molecule has 0 radical (unpaired) electrons. The molecular weight excluding hydrogens is 190 g/mol. The van der Waals surface area contributed by atoms with Crippen molar-refractivity contribution in [3.8, 4) is 0 Å². The van der Waals surface area contributed by atoms with Crippen LogP contribution in [-0.4, -0.2) is 41.0 Å². The third-order valence-electron chi connectivity index (χ3n) is 2.60. The van der Waals surface area contributed by atoms with Crippen molar-refractivity contribution in [2.75, 3.05) is 31.2 Å². The maximum atomic E-state index is 5.66. The van der Waals surface area contributed by atoms with Gasteiger partial charge in [-0.2, -0.15) is 0 Å². The maximum Gasteiger partial charge on any atom is 0.132 e. The van der Waals surface area contributed by atoms with Crippen molar-refractivity contribution in [3.05, 3.63) is 11.9 Å². The van der Waals surface area contributed by atoms with Crippen LogP contribution < -0.4 is 11.1 Å². The van der Waals surface area contributed by atoms with Gasteiger partial charge in [-0.1, -0.05) is 0 Å². The van der Waals surface area contributed by atoms with Crippen LogP contribution >= 0.6 is 0 Å². The first-order chi connectivity index (χ1) is 7.13. The van der Waals surface area contributed by atoms with E-state index in [4.69, 9.17) is 5.73 Å². The van der Waals surface area contributed by atoms with Crippen LogP contribution in [0.4, 0.5) is 11.6 Å². The van der Waals surface area contributed by atoms with Gasteiger partial charge in [0.2, 0.25) is 0 Å². The second-order valence-corrected chi connectivity index (χ2v) is 4.12. The zero-order valence-electron chi connectivity index (χ0n) is 9.20. The standard InChI is InChI=1S/C10H17N5/c1-7-12-9(11)5-10(13-7)14-8-3-4-15(2)6-8/h5,8H,3-4,6H2,1-2H3,(H3,11,12,13,14). The van der Waals surface area contributed by atoms with Gasteiger partial charge < -0.3 is 16.0 Å². The smallest absolute Gasteiger partial charge is 0.132 e. The maximum absolute atomic E-state index is 5.66. The number of aromatic nitrogens is 2. The first kappa shape index (κ1) is 10.2. The molecule has 2 heterocycles. The van der Waals surface area contributed by atoms with Crippen molar-refractivity contribution >= 4 is 11.6 Å². The lowest BCUT2D eigenvalue weighted by Gasteiger charge is -2.13. The van der Waals surface area contributed by atoms with Gasteiger partial charge in [0, 0.05) is 18.7 Å². The molecule has 15 heavy (non-hydrogen) atoms. The Bertz CT molecular complexity index is 331. The summed E-state index contributed by atoms with van der Waals surface area (Å²) in [7, 11) is 2.13. The number of aryl methyl sites for hydroxylation is 1. The number of likely N-dealkylation sites (tertiary alicyclic amines) is 1. The van der Waals surface area contributed by atoms with Crippen molar-refractivity contribution in [2.24, 2.45) is 0 Å². The summed E-state index contributed by atoms with van der Waals surface area (Å²) in [5.74, 6) is 2.07. The average molecular weight is 207 g/mol. The highest BCUT2D eigenvalue weighted by Crippen LogP contribution is 2.14. The van der Waals surface area contributed by atoms with E-state index in [1.807, 2.05) is 6.92 Å². The van der Waals surface area contributed by atoms with Gasteiger partial charge in [0.15, 0.2) is 0 Å². The van der Waals surface area contributed by atoms with E-state index in [0.29, 0.717) is 17.7 Å². The van der Waals surface area contributed by atoms with E-state index in [1.165, 1.54) is 0 Å². The van der Waals surface area contributed by atoms with Crippen LogP contribution in [0.2, 0.25) is 0 Å². The number of rotatable bonds is 2. The topological polar surface area (TPSA) is 67.1 Å². The Morgan fingerprint density at radius 1 is 1.53 bits per heavy atom. The summed E-state index contributed by atoms with van der Waals surface area (Å²) in [5.41, 5.74) is 5.66. The molecule has 1 saturated heterocycles. The fourth-order valence-corrected chi connectivity index (χ4v) is 1.93. The van der Waals surface area contributed by atoms with E-state index < -0.39 is 0 Å². The van der Waals surface area contributed by atoms with Crippen LogP contribution in [-0.2, 0) is 0 Å². The molecule has 0 aliphatic carbocycles. The Kier molecular flexibility index (Phi) is 2.73. The minimum absolute atomic E-state index is 0.476. The summed E-state index contributed by atoms with van der Waals surface area (Å²) in [4.78, 5) is 10.6. The van der Waals surface area contributed by atoms with Gasteiger partial charge >= 0.3 is 0 Å². The monoisotopic (exact) mass is 207 g/mol. The Hall–Kier alpha value is -1.36. The average Bonchev–Trinajstić information content (AvgIpc) is 2.49. The number of nitrogens with two attached hydrogens (primary N) is 1. The molecule has 5 nitrogen and oxygen atoms in total. The normalized spacial score (nSPS) is 21.9. The molecule has 82 valence electrons. The van der Waals surface area contributed by atoms with Gasteiger partial charge in [-0.15, -0.1) is 0 Å². The van der Waals surface area contributed by atoms with Crippen LogP contribution in [0.15, 0.2) is 6.07 Å². The van der Waals surface area contributed by atoms with Crippen molar-refractivity contribution < 1.29 is 0 Å². The molecule has 1 atom stereocenters. The van der Waals surface area contributed by atoms with Crippen LogP contribution in [0.5, 0.6) is 0 Å². The number of hydrogen-bond acceptors (Lipinski definition) is 5. The van der Waals surface area contributed by atoms with Crippen LogP contribution in [0.3, 0.4) is 0 Å². The van der Waals surface area contributed by atoms with E-state index >= 15 is 0 Å². The van der Waals surface area contributed by atoms with E-state index in [1.54, 1.807) is 6.07 Å². The number of nitrogens with zero attached hydrogens (tertiary/aromatic N) is 3. The predicted octanol–water partition coefficient (Wildman–Crippen LogP) is 0.483. The molecule has 1 unspecified atom stereocenters. The van der Waals surface area contributed by atoms with Gasteiger partial charge in [0.25, 0.3) is 0 Å². The quantitative estimate of drug-likeness (QED) is 0.738. The third kappa shape index (κ3) is 2.56. The first-order valence-electron chi connectivity index (χ1n) is 5.20. The molecule has 1 aliphatic heterocycles. The summed E-state index contributed by atoms with van der Waals surface area (Å²) >= 11 is 0. The summed E-state index contributed by atoms with van der Waals surface area (Å²) in [6.45, 7) is 4.04. The highest BCUT2D eigenvalue weighted by atomic mass is 15.2. The van der Waals surface area contributed by atoms with E-state index in [-0.39, 0.29) is 0 Å². The van der Waals surface area contributed by atoms with Gasteiger partial charge in [-0.25, -0.2) is 9.97 Å². The molecular formula is C10H17N5. The number of nitrogen functional groups attached to an aromatic ring is 1. The fourth-order valence-electron chi connectivity index (χ4n) is 1.93. The molecule has 0 spiro atoms. The SMILES string of the molecule is Cc1nc(N)cc(NC2CCN(C)C2)n1. The number of anilines is 2. The molecule has 0 amide bonds. The van der Waals surface area contributed by atoms with Gasteiger partial charge in [0.05, 0.1) is 0 Å². The third-order valence-corrected chi connectivity index (χ3v) is 2.60. The number of hydrogen-bond donors (Lipinski definition) is 2. The highest BCUT2D eigenvalue weighted by molar-refractivity contribution is 5.45. The van der Waals surface area contributed by atoms with Gasteiger partial charge in [-0.3, -0.25) is 0 Å². The fraction of sp³-hybridized carbons (Fsp3) is 0.600.